The Hall–Kier alpha value is -1.39. The van der Waals surface area contributed by atoms with E-state index in [-0.39, 0.29) is 0 Å². The molecule has 0 aliphatic heterocycles. The molecule has 0 unspecified atom stereocenters. The number of hydrogen-bond acceptors (Lipinski definition) is 4. The van der Waals surface area contributed by atoms with E-state index < -0.39 is 0 Å². The maximum absolute atomic E-state index is 5.83. The smallest absolute Gasteiger partial charge is 0.140 e. The monoisotopic (exact) mass is 276 g/mol. The van der Waals surface area contributed by atoms with Crippen LogP contribution >= 0.6 is 11.3 Å². The van der Waals surface area contributed by atoms with Crippen LogP contribution in [0.15, 0.2) is 18.2 Å². The van der Waals surface area contributed by atoms with Crippen LogP contribution in [0, 0.1) is 20.8 Å². The molecule has 0 radical (unpaired) electrons. The lowest BCUT2D eigenvalue weighted by atomic mass is 10.1. The van der Waals surface area contributed by atoms with Crippen molar-refractivity contribution in [1.82, 2.24) is 10.3 Å². The fourth-order valence-corrected chi connectivity index (χ4v) is 3.03. The Bertz CT molecular complexity index is 543. The largest absolute Gasteiger partial charge is 0.486 e. The first-order valence-corrected chi connectivity index (χ1v) is 7.21. The van der Waals surface area contributed by atoms with Gasteiger partial charge in [-0.2, -0.15) is 0 Å². The molecular formula is C15H20N2OS. The fraction of sp³-hybridized carbons (Fsp3) is 0.400. The van der Waals surface area contributed by atoms with Gasteiger partial charge in [0.25, 0.3) is 0 Å². The molecule has 0 spiro atoms. The van der Waals surface area contributed by atoms with Gasteiger partial charge in [-0.1, -0.05) is 6.07 Å². The van der Waals surface area contributed by atoms with Crippen LogP contribution in [-0.4, -0.2) is 12.0 Å². The Balaban J connectivity index is 2.03. The van der Waals surface area contributed by atoms with Crippen molar-refractivity contribution < 1.29 is 4.74 Å². The molecule has 2 rings (SSSR count). The van der Waals surface area contributed by atoms with Crippen molar-refractivity contribution in [2.45, 2.75) is 33.9 Å². The number of aromatic nitrogens is 1. The molecular weight excluding hydrogens is 256 g/mol. The Labute approximate surface area is 118 Å². The van der Waals surface area contributed by atoms with E-state index in [1.54, 1.807) is 11.3 Å². The summed E-state index contributed by atoms with van der Waals surface area (Å²) in [6.45, 7) is 7.62. The normalized spacial score (nSPS) is 10.7. The first kappa shape index (κ1) is 14.0. The lowest BCUT2D eigenvalue weighted by Crippen LogP contribution is -2.04. The average molecular weight is 276 g/mol. The standard InChI is InChI=1S/C15H20N2OS/c1-10-5-11(2)7-13(6-10)18-9-15-17-12(3)14(19-15)8-16-4/h5-7,16H,8-9H2,1-4H3. The molecule has 2 aromatic rings. The summed E-state index contributed by atoms with van der Waals surface area (Å²) in [7, 11) is 1.95. The SMILES string of the molecule is CNCc1sc(COc2cc(C)cc(C)c2)nc1C. The average Bonchev–Trinajstić information content (AvgIpc) is 2.67. The first-order chi connectivity index (χ1) is 9.08. The zero-order valence-corrected chi connectivity index (χ0v) is 12.7. The molecule has 1 aromatic heterocycles. The summed E-state index contributed by atoms with van der Waals surface area (Å²) in [5.41, 5.74) is 3.54. The van der Waals surface area contributed by atoms with Gasteiger partial charge in [0.2, 0.25) is 0 Å². The minimum atomic E-state index is 0.540. The van der Waals surface area contributed by atoms with Crippen molar-refractivity contribution >= 4 is 11.3 Å². The molecule has 4 heteroatoms. The van der Waals surface area contributed by atoms with Gasteiger partial charge in [0.1, 0.15) is 17.4 Å². The molecule has 0 atom stereocenters. The Morgan fingerprint density at radius 2 is 1.84 bits per heavy atom. The highest BCUT2D eigenvalue weighted by Crippen LogP contribution is 2.21. The minimum absolute atomic E-state index is 0.540. The van der Waals surface area contributed by atoms with Crippen LogP contribution in [0.5, 0.6) is 5.75 Å². The second kappa shape index (κ2) is 6.17. The van der Waals surface area contributed by atoms with Crippen molar-refractivity contribution in [3.05, 3.63) is 44.9 Å². The molecule has 1 N–H and O–H groups in total. The van der Waals surface area contributed by atoms with Crippen LogP contribution in [0.2, 0.25) is 0 Å². The molecule has 0 bridgehead atoms. The molecule has 0 aliphatic carbocycles. The van der Waals surface area contributed by atoms with Gasteiger partial charge in [-0.15, -0.1) is 11.3 Å². The number of nitrogens with one attached hydrogen (secondary N) is 1. The van der Waals surface area contributed by atoms with E-state index in [2.05, 4.69) is 42.3 Å². The summed E-state index contributed by atoms with van der Waals surface area (Å²) in [5, 5.41) is 4.19. The van der Waals surface area contributed by atoms with Gasteiger partial charge >= 0.3 is 0 Å². The predicted molar refractivity (Wildman–Crippen MR) is 79.9 cm³/mol. The lowest BCUT2D eigenvalue weighted by molar-refractivity contribution is 0.305. The first-order valence-electron chi connectivity index (χ1n) is 6.39. The Morgan fingerprint density at radius 1 is 1.16 bits per heavy atom. The highest BCUT2D eigenvalue weighted by atomic mass is 32.1. The molecule has 0 aliphatic rings. The third-order valence-electron chi connectivity index (χ3n) is 2.83. The Morgan fingerprint density at radius 3 is 2.47 bits per heavy atom. The van der Waals surface area contributed by atoms with Crippen molar-refractivity contribution in [2.24, 2.45) is 0 Å². The number of rotatable bonds is 5. The van der Waals surface area contributed by atoms with E-state index >= 15 is 0 Å². The summed E-state index contributed by atoms with van der Waals surface area (Å²) in [5.74, 6) is 0.917. The predicted octanol–water partition coefficient (Wildman–Crippen LogP) is 3.37. The third kappa shape index (κ3) is 3.78. The van der Waals surface area contributed by atoms with Crippen molar-refractivity contribution in [2.75, 3.05) is 7.05 Å². The van der Waals surface area contributed by atoms with Gasteiger partial charge in [-0.25, -0.2) is 4.98 Å². The van der Waals surface area contributed by atoms with Gasteiger partial charge in [0.15, 0.2) is 0 Å². The number of aryl methyl sites for hydroxylation is 3. The van der Waals surface area contributed by atoms with Crippen LogP contribution in [-0.2, 0) is 13.2 Å². The molecule has 3 nitrogen and oxygen atoms in total. The van der Waals surface area contributed by atoms with Gasteiger partial charge in [-0.05, 0) is 51.1 Å². The van der Waals surface area contributed by atoms with Gasteiger partial charge in [0.05, 0.1) is 5.69 Å². The fourth-order valence-electron chi connectivity index (χ4n) is 2.04. The summed E-state index contributed by atoms with van der Waals surface area (Å²) in [4.78, 5) is 5.82. The molecule has 102 valence electrons. The van der Waals surface area contributed by atoms with Gasteiger partial charge < -0.3 is 10.1 Å². The summed E-state index contributed by atoms with van der Waals surface area (Å²) < 4.78 is 5.83. The number of nitrogens with zero attached hydrogens (tertiary/aromatic N) is 1. The zero-order chi connectivity index (χ0) is 13.8. The molecule has 19 heavy (non-hydrogen) atoms. The van der Waals surface area contributed by atoms with Crippen LogP contribution in [0.3, 0.4) is 0 Å². The highest BCUT2D eigenvalue weighted by Gasteiger charge is 2.07. The maximum atomic E-state index is 5.83. The van der Waals surface area contributed by atoms with E-state index in [9.17, 15) is 0 Å². The molecule has 0 saturated heterocycles. The zero-order valence-electron chi connectivity index (χ0n) is 11.9. The second-order valence-corrected chi connectivity index (χ2v) is 5.93. The third-order valence-corrected chi connectivity index (χ3v) is 3.96. The Kier molecular flexibility index (Phi) is 4.56. The van der Waals surface area contributed by atoms with Crippen LogP contribution in [0.4, 0.5) is 0 Å². The van der Waals surface area contributed by atoms with E-state index in [1.807, 2.05) is 14.0 Å². The van der Waals surface area contributed by atoms with Crippen molar-refractivity contribution in [3.8, 4) is 5.75 Å². The van der Waals surface area contributed by atoms with E-state index in [0.29, 0.717) is 6.61 Å². The van der Waals surface area contributed by atoms with Gasteiger partial charge in [0, 0.05) is 11.4 Å². The van der Waals surface area contributed by atoms with Crippen LogP contribution in [0.1, 0.15) is 26.7 Å². The number of ether oxygens (including phenoxy) is 1. The second-order valence-electron chi connectivity index (χ2n) is 4.76. The summed E-state index contributed by atoms with van der Waals surface area (Å²) >= 11 is 1.71. The van der Waals surface area contributed by atoms with E-state index in [1.165, 1.54) is 16.0 Å². The van der Waals surface area contributed by atoms with E-state index in [4.69, 9.17) is 4.74 Å². The highest BCUT2D eigenvalue weighted by molar-refractivity contribution is 7.11. The number of benzene rings is 1. The van der Waals surface area contributed by atoms with Crippen molar-refractivity contribution in [3.63, 3.8) is 0 Å². The molecule has 1 heterocycles. The van der Waals surface area contributed by atoms with Gasteiger partial charge in [-0.3, -0.25) is 0 Å². The number of hydrogen-bond donors (Lipinski definition) is 1. The molecule has 0 amide bonds. The summed E-state index contributed by atoms with van der Waals surface area (Å²) in [6, 6.07) is 6.26. The van der Waals surface area contributed by atoms with E-state index in [0.717, 1.165) is 23.0 Å². The maximum Gasteiger partial charge on any atom is 0.140 e. The van der Waals surface area contributed by atoms with Crippen LogP contribution < -0.4 is 10.1 Å². The molecule has 0 saturated carbocycles. The minimum Gasteiger partial charge on any atom is -0.486 e. The molecule has 1 aromatic carbocycles. The number of thiazole rings is 1. The lowest BCUT2D eigenvalue weighted by Gasteiger charge is -2.06. The van der Waals surface area contributed by atoms with Crippen molar-refractivity contribution in [1.29, 1.82) is 0 Å². The van der Waals surface area contributed by atoms with Crippen LogP contribution in [0.25, 0.3) is 0 Å². The quantitative estimate of drug-likeness (QED) is 0.909. The topological polar surface area (TPSA) is 34.1 Å². The summed E-state index contributed by atoms with van der Waals surface area (Å²) in [6.07, 6.45) is 0. The molecule has 0 fully saturated rings.